The summed E-state index contributed by atoms with van der Waals surface area (Å²) >= 11 is 0. The summed E-state index contributed by atoms with van der Waals surface area (Å²) in [6, 6.07) is 5.78. The molecule has 1 aromatic carbocycles. The maximum absolute atomic E-state index is 12.2. The van der Waals surface area contributed by atoms with Gasteiger partial charge in [0.2, 0.25) is 0 Å². The van der Waals surface area contributed by atoms with Crippen molar-refractivity contribution >= 4 is 23.7 Å². The molecule has 8 nitrogen and oxygen atoms in total. The van der Waals surface area contributed by atoms with Crippen LogP contribution in [0.5, 0.6) is 0 Å². The Morgan fingerprint density at radius 1 is 1.25 bits per heavy atom. The van der Waals surface area contributed by atoms with E-state index in [-0.39, 0.29) is 0 Å². The molecule has 1 atom stereocenters. The molecule has 24 heavy (non-hydrogen) atoms. The summed E-state index contributed by atoms with van der Waals surface area (Å²) < 4.78 is 9.74. The van der Waals surface area contributed by atoms with E-state index in [9.17, 15) is 14.4 Å². The highest BCUT2D eigenvalue weighted by atomic mass is 16.6. The van der Waals surface area contributed by atoms with Crippen molar-refractivity contribution in [1.29, 1.82) is 0 Å². The first-order valence-electron chi connectivity index (χ1n) is 7.22. The zero-order chi connectivity index (χ0) is 17.9. The predicted octanol–water partition coefficient (Wildman–Crippen LogP) is 1.31. The number of carbonyl (C=O) groups is 3. The second kappa shape index (κ2) is 7.03. The summed E-state index contributed by atoms with van der Waals surface area (Å²) in [6.07, 6.45) is -0.554. The molecule has 0 radical (unpaired) electrons. The summed E-state index contributed by atoms with van der Waals surface area (Å²) in [4.78, 5) is 37.1. The molecule has 1 heterocycles. The number of nitrogens with one attached hydrogen (secondary N) is 2. The first-order valence-corrected chi connectivity index (χ1v) is 7.22. The fraction of sp³-hybridized carbons (Fsp3) is 0.312. The molecule has 1 aromatic rings. The van der Waals surface area contributed by atoms with Crippen LogP contribution in [0.4, 0.5) is 10.5 Å². The average Bonchev–Trinajstić information content (AvgIpc) is 2.80. The number of rotatable bonds is 4. The molecule has 0 fully saturated rings. The van der Waals surface area contributed by atoms with E-state index in [1.54, 1.807) is 44.1 Å². The Kier molecular flexibility index (Phi) is 5.08. The minimum atomic E-state index is -0.554. The third-order valence-corrected chi connectivity index (χ3v) is 3.38. The zero-order valence-electron chi connectivity index (χ0n) is 13.9. The Bertz CT molecular complexity index is 711. The molecule has 0 aromatic heterocycles. The van der Waals surface area contributed by atoms with Gasteiger partial charge in [0, 0.05) is 19.8 Å². The van der Waals surface area contributed by atoms with Crippen LogP contribution in [0.3, 0.4) is 0 Å². The Hall–Kier alpha value is -3.03. The van der Waals surface area contributed by atoms with E-state index >= 15 is 0 Å². The van der Waals surface area contributed by atoms with Crippen molar-refractivity contribution in [3.8, 4) is 0 Å². The van der Waals surface area contributed by atoms with Crippen LogP contribution in [0.2, 0.25) is 0 Å². The molecule has 2 amide bonds. The largest absolute Gasteiger partial charge is 0.465 e. The standard InChI is InChI=1S/C16H19N3O5/c1-9-12(13(19(2)3)15(21)24-9)18-16(22)17-11-7-5-6-10(8-11)14(20)23-4/h5-9H,1-4H3,(H2,17,18,22). The molecule has 1 unspecified atom stereocenters. The Labute approximate surface area is 139 Å². The van der Waals surface area contributed by atoms with Crippen molar-refractivity contribution in [2.45, 2.75) is 13.0 Å². The van der Waals surface area contributed by atoms with Crippen LogP contribution in [0.1, 0.15) is 17.3 Å². The van der Waals surface area contributed by atoms with Crippen molar-refractivity contribution in [2.24, 2.45) is 0 Å². The van der Waals surface area contributed by atoms with Gasteiger partial charge in [0.1, 0.15) is 11.8 Å². The average molecular weight is 333 g/mol. The maximum atomic E-state index is 12.2. The van der Waals surface area contributed by atoms with Gasteiger partial charge in [-0.2, -0.15) is 0 Å². The predicted molar refractivity (Wildman–Crippen MR) is 86.2 cm³/mol. The van der Waals surface area contributed by atoms with Gasteiger partial charge in [-0.15, -0.1) is 0 Å². The van der Waals surface area contributed by atoms with Crippen molar-refractivity contribution in [3.05, 3.63) is 41.2 Å². The Balaban J connectivity index is 2.13. The highest BCUT2D eigenvalue weighted by molar-refractivity contribution is 5.97. The number of cyclic esters (lactones) is 1. The number of methoxy groups -OCH3 is 1. The first kappa shape index (κ1) is 17.3. The van der Waals surface area contributed by atoms with Crippen molar-refractivity contribution in [2.75, 3.05) is 26.5 Å². The van der Waals surface area contributed by atoms with Crippen molar-refractivity contribution < 1.29 is 23.9 Å². The quantitative estimate of drug-likeness (QED) is 0.807. The van der Waals surface area contributed by atoms with Crippen LogP contribution in [0.25, 0.3) is 0 Å². The molecule has 0 spiro atoms. The minimum Gasteiger partial charge on any atom is -0.465 e. The number of carbonyl (C=O) groups excluding carboxylic acids is 3. The molecule has 128 valence electrons. The molecule has 1 aliphatic heterocycles. The molecule has 1 aliphatic rings. The number of esters is 2. The lowest BCUT2D eigenvalue weighted by molar-refractivity contribution is -0.140. The number of benzene rings is 1. The van der Waals surface area contributed by atoms with Gasteiger partial charge in [-0.1, -0.05) is 6.07 Å². The van der Waals surface area contributed by atoms with Crippen LogP contribution in [0, 0.1) is 0 Å². The topological polar surface area (TPSA) is 97.0 Å². The Morgan fingerprint density at radius 2 is 1.96 bits per heavy atom. The Morgan fingerprint density at radius 3 is 2.58 bits per heavy atom. The number of likely N-dealkylation sites (N-methyl/N-ethyl adjacent to an activating group) is 1. The second-order valence-corrected chi connectivity index (χ2v) is 5.36. The maximum Gasteiger partial charge on any atom is 0.357 e. The van der Waals surface area contributed by atoms with E-state index in [1.165, 1.54) is 13.2 Å². The normalized spacial score (nSPS) is 16.5. The molecule has 2 N–H and O–H groups in total. The number of hydrogen-bond acceptors (Lipinski definition) is 6. The summed E-state index contributed by atoms with van der Waals surface area (Å²) in [6.45, 7) is 1.67. The molecule has 8 heteroatoms. The molecule has 2 rings (SSSR count). The number of ether oxygens (including phenoxy) is 2. The lowest BCUT2D eigenvalue weighted by Crippen LogP contribution is -2.33. The third kappa shape index (κ3) is 3.65. The van der Waals surface area contributed by atoms with Crippen LogP contribution in [-0.4, -0.2) is 50.2 Å². The minimum absolute atomic E-state index is 0.293. The number of urea groups is 1. The first-order chi connectivity index (χ1) is 11.3. The summed E-state index contributed by atoms with van der Waals surface area (Å²) in [5.74, 6) is -0.990. The molecule has 0 saturated carbocycles. The second-order valence-electron chi connectivity index (χ2n) is 5.36. The van der Waals surface area contributed by atoms with Gasteiger partial charge in [-0.3, -0.25) is 0 Å². The van der Waals surface area contributed by atoms with Gasteiger partial charge < -0.3 is 25.0 Å². The van der Waals surface area contributed by atoms with E-state index in [1.807, 2.05) is 0 Å². The van der Waals surface area contributed by atoms with Crippen LogP contribution >= 0.6 is 0 Å². The van der Waals surface area contributed by atoms with Crippen molar-refractivity contribution in [3.63, 3.8) is 0 Å². The summed E-state index contributed by atoms with van der Waals surface area (Å²) in [7, 11) is 4.66. The molecular weight excluding hydrogens is 314 g/mol. The molecular formula is C16H19N3O5. The SMILES string of the molecule is COC(=O)c1cccc(NC(=O)NC2=C(N(C)C)C(=O)OC2C)c1. The van der Waals surface area contributed by atoms with Gasteiger partial charge in [-0.05, 0) is 25.1 Å². The van der Waals surface area contributed by atoms with Gasteiger partial charge >= 0.3 is 18.0 Å². The molecule has 0 bridgehead atoms. The number of anilines is 1. The summed E-state index contributed by atoms with van der Waals surface area (Å²) in [5, 5.41) is 5.23. The van der Waals surface area contributed by atoms with E-state index in [0.29, 0.717) is 22.6 Å². The monoisotopic (exact) mass is 333 g/mol. The molecule has 0 saturated heterocycles. The lowest BCUT2D eigenvalue weighted by Gasteiger charge is -2.15. The fourth-order valence-electron chi connectivity index (χ4n) is 2.29. The fourth-order valence-corrected chi connectivity index (χ4v) is 2.29. The van der Waals surface area contributed by atoms with E-state index < -0.39 is 24.1 Å². The number of nitrogens with zero attached hydrogens (tertiary/aromatic N) is 1. The number of hydrogen-bond donors (Lipinski definition) is 2. The van der Waals surface area contributed by atoms with Crippen molar-refractivity contribution in [1.82, 2.24) is 10.2 Å². The zero-order valence-corrected chi connectivity index (χ0v) is 13.9. The van der Waals surface area contributed by atoms with E-state index in [4.69, 9.17) is 4.74 Å². The summed E-state index contributed by atoms with van der Waals surface area (Å²) in [5.41, 5.74) is 1.41. The van der Waals surface area contributed by atoms with Gasteiger partial charge in [0.15, 0.2) is 0 Å². The highest BCUT2D eigenvalue weighted by Crippen LogP contribution is 2.22. The van der Waals surface area contributed by atoms with E-state index in [2.05, 4.69) is 15.4 Å². The smallest absolute Gasteiger partial charge is 0.357 e. The molecule has 0 aliphatic carbocycles. The van der Waals surface area contributed by atoms with Crippen LogP contribution in [0.15, 0.2) is 35.7 Å². The number of amides is 2. The van der Waals surface area contributed by atoms with Gasteiger partial charge in [0.05, 0.1) is 18.4 Å². The van der Waals surface area contributed by atoms with Crippen LogP contribution < -0.4 is 10.6 Å². The lowest BCUT2D eigenvalue weighted by atomic mass is 10.2. The van der Waals surface area contributed by atoms with E-state index in [0.717, 1.165) is 0 Å². The van der Waals surface area contributed by atoms with Gasteiger partial charge in [0.25, 0.3) is 0 Å². The third-order valence-electron chi connectivity index (χ3n) is 3.38. The van der Waals surface area contributed by atoms with Crippen LogP contribution in [-0.2, 0) is 14.3 Å². The van der Waals surface area contributed by atoms with Gasteiger partial charge in [-0.25, -0.2) is 14.4 Å². The highest BCUT2D eigenvalue weighted by Gasteiger charge is 2.33.